The summed E-state index contributed by atoms with van der Waals surface area (Å²) in [5.41, 5.74) is 7.34. The lowest BCUT2D eigenvalue weighted by atomic mass is 10.0. The predicted molar refractivity (Wildman–Crippen MR) is 99.9 cm³/mol. The molecule has 1 N–H and O–H groups in total. The van der Waals surface area contributed by atoms with Crippen molar-refractivity contribution in [1.29, 1.82) is 0 Å². The first kappa shape index (κ1) is 15.0. The summed E-state index contributed by atoms with van der Waals surface area (Å²) in [4.78, 5) is 0. The van der Waals surface area contributed by atoms with E-state index in [2.05, 4.69) is 72.4 Å². The van der Waals surface area contributed by atoms with Crippen LogP contribution in [0, 0.1) is 13.8 Å². The minimum absolute atomic E-state index is 1.01. The van der Waals surface area contributed by atoms with Gasteiger partial charge in [-0.15, -0.1) is 0 Å². The summed E-state index contributed by atoms with van der Waals surface area (Å²) in [5.74, 6) is 1.16. The lowest BCUT2D eigenvalue weighted by molar-refractivity contribution is 0.779. The second-order valence-electron chi connectivity index (χ2n) is 6.62. The average molecular weight is 317 g/mol. The molecule has 0 bridgehead atoms. The molecule has 1 aliphatic heterocycles. The van der Waals surface area contributed by atoms with E-state index in [0.29, 0.717) is 0 Å². The normalized spacial score (nSPS) is 13.9. The molecule has 2 aromatic carbocycles. The van der Waals surface area contributed by atoms with Gasteiger partial charge in [-0.25, -0.2) is 4.68 Å². The topological polar surface area (TPSA) is 29.9 Å². The number of aryl methyl sites for hydroxylation is 2. The molecular weight excluding hydrogens is 294 g/mol. The summed E-state index contributed by atoms with van der Waals surface area (Å²) in [5, 5.41) is 8.64. The van der Waals surface area contributed by atoms with E-state index >= 15 is 0 Å². The van der Waals surface area contributed by atoms with Gasteiger partial charge >= 0.3 is 0 Å². The molecule has 1 aromatic heterocycles. The van der Waals surface area contributed by atoms with Crippen LogP contribution in [0.2, 0.25) is 0 Å². The Kier molecular flexibility index (Phi) is 3.85. The maximum atomic E-state index is 5.02. The van der Waals surface area contributed by atoms with E-state index in [1.165, 1.54) is 35.1 Å². The van der Waals surface area contributed by atoms with Crippen molar-refractivity contribution in [3.8, 4) is 16.9 Å². The third kappa shape index (κ3) is 2.60. The summed E-state index contributed by atoms with van der Waals surface area (Å²) >= 11 is 0. The largest absolute Gasteiger partial charge is 0.370 e. The van der Waals surface area contributed by atoms with Crippen LogP contribution < -0.4 is 5.32 Å². The van der Waals surface area contributed by atoms with E-state index in [0.717, 1.165) is 30.2 Å². The third-order valence-corrected chi connectivity index (χ3v) is 4.80. The van der Waals surface area contributed by atoms with Crippen LogP contribution in [0.3, 0.4) is 0 Å². The highest BCUT2D eigenvalue weighted by Crippen LogP contribution is 2.34. The molecule has 0 aliphatic carbocycles. The Labute approximate surface area is 143 Å². The highest BCUT2D eigenvalue weighted by molar-refractivity contribution is 5.71. The van der Waals surface area contributed by atoms with Gasteiger partial charge in [0.25, 0.3) is 0 Å². The zero-order valence-corrected chi connectivity index (χ0v) is 14.3. The molecule has 0 fully saturated rings. The van der Waals surface area contributed by atoms with Crippen molar-refractivity contribution >= 4 is 5.82 Å². The molecule has 0 saturated heterocycles. The molecule has 0 atom stereocenters. The van der Waals surface area contributed by atoms with E-state index in [1.54, 1.807) is 0 Å². The van der Waals surface area contributed by atoms with Crippen LogP contribution in [0.4, 0.5) is 5.82 Å². The highest BCUT2D eigenvalue weighted by Gasteiger charge is 2.22. The van der Waals surface area contributed by atoms with Gasteiger partial charge in [0.15, 0.2) is 0 Å². The zero-order chi connectivity index (χ0) is 16.5. The van der Waals surface area contributed by atoms with Crippen molar-refractivity contribution in [1.82, 2.24) is 9.78 Å². The van der Waals surface area contributed by atoms with Crippen LogP contribution in [0.25, 0.3) is 16.9 Å². The van der Waals surface area contributed by atoms with Gasteiger partial charge in [-0.05, 0) is 44.7 Å². The van der Waals surface area contributed by atoms with Crippen molar-refractivity contribution in [3.05, 3.63) is 65.2 Å². The van der Waals surface area contributed by atoms with Gasteiger partial charge in [0.1, 0.15) is 5.82 Å². The molecule has 1 aliphatic rings. The van der Waals surface area contributed by atoms with Crippen LogP contribution in [0.1, 0.15) is 29.5 Å². The van der Waals surface area contributed by atoms with Crippen molar-refractivity contribution in [2.45, 2.75) is 33.1 Å². The molecule has 0 spiro atoms. The van der Waals surface area contributed by atoms with Crippen LogP contribution in [0.15, 0.2) is 48.5 Å². The monoisotopic (exact) mass is 317 g/mol. The van der Waals surface area contributed by atoms with Crippen LogP contribution >= 0.6 is 0 Å². The van der Waals surface area contributed by atoms with E-state index in [1.807, 2.05) is 0 Å². The van der Waals surface area contributed by atoms with Gasteiger partial charge in [0.05, 0.1) is 11.4 Å². The summed E-state index contributed by atoms with van der Waals surface area (Å²) in [6.07, 6.45) is 3.49. The Morgan fingerprint density at radius 2 is 1.75 bits per heavy atom. The Hall–Kier alpha value is -2.55. The second-order valence-corrected chi connectivity index (χ2v) is 6.62. The third-order valence-electron chi connectivity index (χ3n) is 4.80. The number of benzene rings is 2. The fourth-order valence-corrected chi connectivity index (χ4v) is 3.42. The predicted octanol–water partition coefficient (Wildman–Crippen LogP) is 4.90. The van der Waals surface area contributed by atoms with Gasteiger partial charge in [-0.2, -0.15) is 5.10 Å². The first-order valence-electron chi connectivity index (χ1n) is 8.73. The van der Waals surface area contributed by atoms with E-state index in [4.69, 9.17) is 5.10 Å². The van der Waals surface area contributed by atoms with Crippen LogP contribution in [-0.4, -0.2) is 16.3 Å². The SMILES string of the molecule is Cc1ccc(-c2nn(-c3ccccc3C)c3c2CCCCN3)cc1. The van der Waals surface area contributed by atoms with Crippen LogP contribution in [0.5, 0.6) is 0 Å². The molecular formula is C21H23N3. The Morgan fingerprint density at radius 1 is 0.958 bits per heavy atom. The standard InChI is InChI=1S/C21H23N3/c1-15-10-12-17(13-11-15)20-18-8-5-6-14-22-21(18)24(23-20)19-9-4-3-7-16(19)2/h3-4,7,9-13,22H,5-6,8,14H2,1-2H3. The van der Waals surface area contributed by atoms with Gasteiger partial charge < -0.3 is 5.32 Å². The van der Waals surface area contributed by atoms with Crippen molar-refractivity contribution < 1.29 is 0 Å². The fraction of sp³-hybridized carbons (Fsp3) is 0.286. The molecule has 24 heavy (non-hydrogen) atoms. The number of anilines is 1. The Morgan fingerprint density at radius 3 is 2.54 bits per heavy atom. The summed E-state index contributed by atoms with van der Waals surface area (Å²) in [7, 11) is 0. The molecule has 3 heteroatoms. The molecule has 0 radical (unpaired) electrons. The Balaban J connectivity index is 1.92. The highest BCUT2D eigenvalue weighted by atomic mass is 15.3. The van der Waals surface area contributed by atoms with Gasteiger partial charge in [-0.1, -0.05) is 48.0 Å². The van der Waals surface area contributed by atoms with Crippen molar-refractivity contribution in [2.75, 3.05) is 11.9 Å². The summed E-state index contributed by atoms with van der Waals surface area (Å²) in [6.45, 7) is 5.28. The summed E-state index contributed by atoms with van der Waals surface area (Å²) in [6, 6.07) is 17.2. The average Bonchev–Trinajstić information content (AvgIpc) is 2.78. The first-order chi connectivity index (χ1) is 11.7. The fourth-order valence-electron chi connectivity index (χ4n) is 3.42. The van der Waals surface area contributed by atoms with E-state index < -0.39 is 0 Å². The number of nitrogens with one attached hydrogen (secondary N) is 1. The number of aromatic nitrogens is 2. The van der Waals surface area contributed by atoms with Crippen molar-refractivity contribution in [3.63, 3.8) is 0 Å². The van der Waals surface area contributed by atoms with E-state index in [9.17, 15) is 0 Å². The molecule has 0 saturated carbocycles. The first-order valence-corrected chi connectivity index (χ1v) is 8.73. The maximum absolute atomic E-state index is 5.02. The van der Waals surface area contributed by atoms with Crippen LogP contribution in [-0.2, 0) is 6.42 Å². The van der Waals surface area contributed by atoms with Gasteiger partial charge in [-0.3, -0.25) is 0 Å². The minimum atomic E-state index is 1.01. The van der Waals surface area contributed by atoms with Crippen molar-refractivity contribution in [2.24, 2.45) is 0 Å². The molecule has 0 unspecified atom stereocenters. The minimum Gasteiger partial charge on any atom is -0.370 e. The summed E-state index contributed by atoms with van der Waals surface area (Å²) < 4.78 is 2.10. The number of para-hydroxylation sites is 1. The molecule has 4 rings (SSSR count). The number of fused-ring (bicyclic) bond motifs is 1. The molecule has 2 heterocycles. The lowest BCUT2D eigenvalue weighted by Crippen LogP contribution is -2.08. The maximum Gasteiger partial charge on any atom is 0.133 e. The lowest BCUT2D eigenvalue weighted by Gasteiger charge is -2.11. The molecule has 3 aromatic rings. The second kappa shape index (κ2) is 6.16. The smallest absolute Gasteiger partial charge is 0.133 e. The zero-order valence-electron chi connectivity index (χ0n) is 14.3. The van der Waals surface area contributed by atoms with Gasteiger partial charge in [0.2, 0.25) is 0 Å². The van der Waals surface area contributed by atoms with E-state index in [-0.39, 0.29) is 0 Å². The number of hydrogen-bond acceptors (Lipinski definition) is 2. The number of hydrogen-bond donors (Lipinski definition) is 1. The molecule has 0 amide bonds. The molecule has 3 nitrogen and oxygen atoms in total. The Bertz CT molecular complexity index is 859. The number of nitrogens with zero attached hydrogens (tertiary/aromatic N) is 2. The van der Waals surface area contributed by atoms with Gasteiger partial charge in [0, 0.05) is 17.7 Å². The molecule has 122 valence electrons. The number of rotatable bonds is 2. The quantitative estimate of drug-likeness (QED) is 0.728.